The van der Waals surface area contributed by atoms with Gasteiger partial charge in [-0.25, -0.2) is 4.98 Å². The molecule has 0 unspecified atom stereocenters. The third-order valence-corrected chi connectivity index (χ3v) is 4.24. The number of aromatic amines is 1. The van der Waals surface area contributed by atoms with Crippen molar-refractivity contribution < 1.29 is 29.3 Å². The zero-order valence-corrected chi connectivity index (χ0v) is 18.7. The van der Waals surface area contributed by atoms with E-state index < -0.39 is 43.4 Å². The van der Waals surface area contributed by atoms with Gasteiger partial charge in [0.2, 0.25) is 5.95 Å². The van der Waals surface area contributed by atoms with Crippen LogP contribution in [0.5, 0.6) is 0 Å². The summed E-state index contributed by atoms with van der Waals surface area (Å²) in [5, 5.41) is 20.1. The molecule has 1 saturated heterocycles. The molecule has 1 aliphatic rings. The zero-order valence-electron chi connectivity index (χ0n) is 12.5. The third kappa shape index (κ3) is 4.52. The van der Waals surface area contributed by atoms with Gasteiger partial charge in [0.1, 0.15) is 18.3 Å². The number of nitrogens with zero attached hydrogens (tertiary/aromatic N) is 3. The first-order chi connectivity index (χ1) is 11.2. The summed E-state index contributed by atoms with van der Waals surface area (Å²) in [5.74, 6) is -0.166. The fourth-order valence-electron chi connectivity index (χ4n) is 2.39. The van der Waals surface area contributed by atoms with Gasteiger partial charge < -0.3 is 35.0 Å². The molecule has 1 aliphatic heterocycles. The summed E-state index contributed by atoms with van der Waals surface area (Å²) in [6.07, 6.45) is -4.06. The number of anilines is 1. The minimum absolute atomic E-state index is 0. The van der Waals surface area contributed by atoms with Crippen LogP contribution in [0.3, 0.4) is 0 Å². The largest absolute Gasteiger partial charge is 2.00 e. The average molecular weight is 515 g/mol. The molecule has 0 amide bonds. The van der Waals surface area contributed by atoms with Gasteiger partial charge in [-0.05, 0) is 0 Å². The van der Waals surface area contributed by atoms with Crippen LogP contribution in [0.1, 0.15) is 6.23 Å². The van der Waals surface area contributed by atoms with Crippen molar-refractivity contribution in [3.63, 3.8) is 0 Å². The molecule has 0 radical (unpaired) electrons. The van der Waals surface area contributed by atoms with Gasteiger partial charge >= 0.3 is 48.9 Å². The van der Waals surface area contributed by atoms with E-state index in [1.807, 2.05) is 0 Å². The topological polar surface area (TPSA) is 195 Å². The first-order valence-corrected chi connectivity index (χ1v) is 9.13. The molecular formula is C10H12BaN5O7PS. The summed E-state index contributed by atoms with van der Waals surface area (Å²) in [6.45, 7) is -5.00. The molecule has 132 valence electrons. The Labute approximate surface area is 185 Å². The van der Waals surface area contributed by atoms with Gasteiger partial charge in [-0.1, -0.05) is 6.72 Å². The Kier molecular flexibility index (Phi) is 6.87. The van der Waals surface area contributed by atoms with Crippen LogP contribution in [-0.2, 0) is 21.1 Å². The van der Waals surface area contributed by atoms with Crippen molar-refractivity contribution in [1.29, 1.82) is 0 Å². The number of hydrogen-bond acceptors (Lipinski definition) is 11. The summed E-state index contributed by atoms with van der Waals surface area (Å²) < 4.78 is 11.0. The average Bonchev–Trinajstić information content (AvgIpc) is 3.00. The van der Waals surface area contributed by atoms with E-state index in [2.05, 4.69) is 31.3 Å². The number of aromatic nitrogens is 4. The van der Waals surface area contributed by atoms with Crippen LogP contribution >= 0.6 is 6.72 Å². The molecule has 12 nitrogen and oxygen atoms in total. The zero-order chi connectivity index (χ0) is 17.6. The van der Waals surface area contributed by atoms with E-state index in [0.717, 1.165) is 0 Å². The summed E-state index contributed by atoms with van der Waals surface area (Å²) in [7, 11) is 0. The van der Waals surface area contributed by atoms with Crippen molar-refractivity contribution >= 4 is 84.5 Å². The summed E-state index contributed by atoms with van der Waals surface area (Å²) in [5.41, 5.74) is 4.89. The van der Waals surface area contributed by atoms with E-state index >= 15 is 0 Å². The van der Waals surface area contributed by atoms with E-state index in [4.69, 9.17) is 10.5 Å². The Morgan fingerprint density at radius 3 is 2.80 bits per heavy atom. The Balaban J connectivity index is 0.00000225. The molecule has 15 heteroatoms. The summed E-state index contributed by atoms with van der Waals surface area (Å²) in [4.78, 5) is 43.6. The molecule has 0 aromatic carbocycles. The number of rotatable bonds is 4. The van der Waals surface area contributed by atoms with Crippen molar-refractivity contribution in [2.75, 3.05) is 12.3 Å². The van der Waals surface area contributed by atoms with Crippen LogP contribution in [-0.4, -0.2) is 104 Å². The van der Waals surface area contributed by atoms with Gasteiger partial charge in [0.25, 0.3) is 5.56 Å². The first kappa shape index (κ1) is 21.4. The third-order valence-electron chi connectivity index (χ3n) is 3.46. The first-order valence-electron chi connectivity index (χ1n) is 6.58. The molecule has 5 N–H and O–H groups in total. The SMILES string of the molecule is Nc1nc2c(ncn2[C@@H]2O[C@H](COP([O-])([O-])=S)[C@@H](O)[C@H]2O)c(=O)[nH]1.[Ba+2]. The molecule has 1 fully saturated rings. The molecule has 25 heavy (non-hydrogen) atoms. The molecule has 3 rings (SSSR count). The van der Waals surface area contributed by atoms with Gasteiger partial charge in [-0.3, -0.25) is 14.3 Å². The Morgan fingerprint density at radius 1 is 1.48 bits per heavy atom. The van der Waals surface area contributed by atoms with Crippen LogP contribution < -0.4 is 21.1 Å². The molecule has 0 aliphatic carbocycles. The summed E-state index contributed by atoms with van der Waals surface area (Å²) >= 11 is 4.09. The molecule has 0 spiro atoms. The number of hydrogen-bond donors (Lipinski definition) is 4. The molecule has 2 aromatic rings. The number of nitrogen functional groups attached to an aromatic ring is 1. The normalized spacial score (nSPS) is 26.7. The van der Waals surface area contributed by atoms with Gasteiger partial charge in [-0.2, -0.15) is 4.98 Å². The van der Waals surface area contributed by atoms with Crippen molar-refractivity contribution in [1.82, 2.24) is 19.5 Å². The van der Waals surface area contributed by atoms with Gasteiger partial charge in [-0.15, -0.1) is 11.8 Å². The standard InChI is InChI=1S/C10H14N5O7PS.Ba/c11-10-13-7-4(8(18)14-10)12-2-15(7)9-6(17)5(16)3(22-9)1-21-23(19,20)24;/h2-3,5-6,9,16-17H,1H2,(H2,19,20,24)(H3,11,13,14,18);/q;+2/p-2/t3-,5-,6-,9-;/m1./s1. The Hall–Kier alpha value is 0.131. The van der Waals surface area contributed by atoms with E-state index in [-0.39, 0.29) is 66.0 Å². The number of nitrogens with two attached hydrogens (primary N) is 1. The molecule has 2 aromatic heterocycles. The van der Waals surface area contributed by atoms with Crippen LogP contribution in [0.2, 0.25) is 0 Å². The predicted octanol–water partition coefficient (Wildman–Crippen LogP) is -4.10. The maximum atomic E-state index is 11.7. The van der Waals surface area contributed by atoms with E-state index in [1.54, 1.807) is 0 Å². The van der Waals surface area contributed by atoms with Gasteiger partial charge in [0.15, 0.2) is 17.4 Å². The van der Waals surface area contributed by atoms with E-state index in [9.17, 15) is 24.8 Å². The molecule has 4 atom stereocenters. The molecule has 0 saturated carbocycles. The number of H-pyrrole nitrogens is 1. The van der Waals surface area contributed by atoms with E-state index in [0.29, 0.717) is 0 Å². The van der Waals surface area contributed by atoms with Crippen molar-refractivity contribution in [3.8, 4) is 0 Å². The van der Waals surface area contributed by atoms with Crippen LogP contribution in [0.15, 0.2) is 11.1 Å². The Morgan fingerprint density at radius 2 is 2.16 bits per heavy atom. The van der Waals surface area contributed by atoms with Gasteiger partial charge in [0.05, 0.1) is 12.9 Å². The van der Waals surface area contributed by atoms with Crippen molar-refractivity contribution in [2.24, 2.45) is 0 Å². The van der Waals surface area contributed by atoms with Crippen LogP contribution in [0.25, 0.3) is 11.2 Å². The monoisotopic (exact) mass is 515 g/mol. The number of aliphatic hydroxyl groups excluding tert-OH is 2. The Bertz CT molecular complexity index is 871. The second-order valence-electron chi connectivity index (χ2n) is 5.06. The predicted molar refractivity (Wildman–Crippen MR) is 84.5 cm³/mol. The number of ether oxygens (including phenoxy) is 1. The number of imidazole rings is 1. The molecule has 3 heterocycles. The fourth-order valence-corrected chi connectivity index (χ4v) is 2.90. The quantitative estimate of drug-likeness (QED) is 0.229. The maximum absolute atomic E-state index is 11.7. The second kappa shape index (κ2) is 8.02. The van der Waals surface area contributed by atoms with Crippen LogP contribution in [0.4, 0.5) is 5.95 Å². The van der Waals surface area contributed by atoms with Crippen molar-refractivity contribution in [2.45, 2.75) is 24.5 Å². The maximum Gasteiger partial charge on any atom is 2.00 e. The number of nitrogens with one attached hydrogen (secondary N) is 1. The second-order valence-corrected chi connectivity index (χ2v) is 7.56. The van der Waals surface area contributed by atoms with Crippen molar-refractivity contribution in [3.05, 3.63) is 16.7 Å². The van der Waals surface area contributed by atoms with Crippen LogP contribution in [0, 0.1) is 0 Å². The smallest absolute Gasteiger partial charge is 0.812 e. The number of aliphatic hydroxyl groups is 2. The fraction of sp³-hybridized carbons (Fsp3) is 0.500. The summed E-state index contributed by atoms with van der Waals surface area (Å²) in [6, 6.07) is 0. The minimum atomic E-state index is -4.43. The van der Waals surface area contributed by atoms with Gasteiger partial charge in [0, 0.05) is 0 Å². The molecule has 0 bridgehead atoms. The van der Waals surface area contributed by atoms with E-state index in [1.165, 1.54) is 10.9 Å². The number of fused-ring (bicyclic) bond motifs is 1. The molecular weight excluding hydrogens is 503 g/mol. The minimum Gasteiger partial charge on any atom is -0.812 e.